The number of hydrogen-bond donors (Lipinski definition) is 0. The van der Waals surface area contributed by atoms with Crippen LogP contribution < -0.4 is 29.2 Å². The first-order chi connectivity index (χ1) is 10.3. The molecule has 0 radical (unpaired) electrons. The minimum Gasteiger partial charge on any atom is -0.492 e. The van der Waals surface area contributed by atoms with Crippen molar-refractivity contribution >= 4 is 29.2 Å². The van der Waals surface area contributed by atoms with E-state index >= 15 is 0 Å². The van der Waals surface area contributed by atoms with E-state index in [1.54, 1.807) is 0 Å². The molecule has 3 aromatic rings. The van der Waals surface area contributed by atoms with Crippen LogP contribution in [0.3, 0.4) is 0 Å². The second-order valence-corrected chi connectivity index (χ2v) is 9.11. The maximum absolute atomic E-state index is 3.70. The van der Waals surface area contributed by atoms with E-state index in [2.05, 4.69) is 98.0 Å². The van der Waals surface area contributed by atoms with E-state index in [9.17, 15) is 0 Å². The smallest absolute Gasteiger partial charge is 0.492 e. The molecule has 0 aromatic heterocycles. The molecule has 104 valence electrons. The molecule has 3 aromatic carbocycles. The van der Waals surface area contributed by atoms with Gasteiger partial charge < -0.3 is 5.70 Å². The molecular formula is C20H19LiSi. The van der Waals surface area contributed by atoms with Gasteiger partial charge in [-0.05, 0) is 18.8 Å². The molecule has 0 fully saturated rings. The third-order valence-corrected chi connectivity index (χ3v) is 7.98. The summed E-state index contributed by atoms with van der Waals surface area (Å²) in [5.41, 5.74) is 3.70. The van der Waals surface area contributed by atoms with Gasteiger partial charge in [-0.1, -0.05) is 96.6 Å². The molecule has 0 spiro atoms. The van der Waals surface area contributed by atoms with E-state index in [0.717, 1.165) is 0 Å². The third-order valence-electron chi connectivity index (χ3n) is 4.11. The van der Waals surface area contributed by atoms with Crippen molar-refractivity contribution in [3.63, 3.8) is 0 Å². The normalized spacial score (nSPS) is 13.7. The maximum atomic E-state index is 3.70. The Labute approximate surface area is 146 Å². The van der Waals surface area contributed by atoms with E-state index in [0.29, 0.717) is 0 Å². The molecule has 0 nitrogen and oxygen atoms in total. The SMILES string of the molecule is CC=[C-][Si](C)(c1ccccc1)c1cccc2ccccc12.[Li+]. The quantitative estimate of drug-likeness (QED) is 0.498. The summed E-state index contributed by atoms with van der Waals surface area (Å²) in [7, 11) is -1.97. The van der Waals surface area contributed by atoms with Crippen molar-refractivity contribution < 1.29 is 18.9 Å². The average molecular weight is 294 g/mol. The van der Waals surface area contributed by atoms with E-state index in [1.165, 1.54) is 21.1 Å². The van der Waals surface area contributed by atoms with Gasteiger partial charge in [0.25, 0.3) is 0 Å². The standard InChI is InChI=1S/C20H19Si.Li/c1-3-16-21(2,18-12-5-4-6-13-18)20-15-9-11-17-10-7-8-14-19(17)20;/h3-15H,1-2H3;/q-1;+1. The molecule has 0 aliphatic rings. The second-order valence-electron chi connectivity index (χ2n) is 5.45. The molecular weight excluding hydrogens is 275 g/mol. The molecule has 1 atom stereocenters. The zero-order chi connectivity index (χ0) is 14.7. The van der Waals surface area contributed by atoms with Crippen LogP contribution in [-0.4, -0.2) is 8.07 Å². The molecule has 2 heteroatoms. The van der Waals surface area contributed by atoms with Gasteiger partial charge in [0, 0.05) is 0 Å². The van der Waals surface area contributed by atoms with Crippen LogP contribution in [0.5, 0.6) is 0 Å². The van der Waals surface area contributed by atoms with Crippen molar-refractivity contribution in [3.8, 4) is 0 Å². The summed E-state index contributed by atoms with van der Waals surface area (Å²) < 4.78 is 0. The van der Waals surface area contributed by atoms with Crippen molar-refractivity contribution in [1.29, 1.82) is 0 Å². The predicted molar refractivity (Wildman–Crippen MR) is 94.8 cm³/mol. The van der Waals surface area contributed by atoms with Crippen molar-refractivity contribution in [1.82, 2.24) is 0 Å². The minimum atomic E-state index is -1.97. The maximum Gasteiger partial charge on any atom is 1.00 e. The largest absolute Gasteiger partial charge is 1.00 e. The van der Waals surface area contributed by atoms with Gasteiger partial charge in [0.15, 0.2) is 0 Å². The molecule has 1 unspecified atom stereocenters. The molecule has 0 saturated heterocycles. The first-order valence-corrected chi connectivity index (χ1v) is 9.85. The van der Waals surface area contributed by atoms with Crippen molar-refractivity contribution in [2.24, 2.45) is 0 Å². The van der Waals surface area contributed by atoms with Crippen LogP contribution in [0.4, 0.5) is 0 Å². The van der Waals surface area contributed by atoms with Crippen LogP contribution in [0.1, 0.15) is 6.92 Å². The van der Waals surface area contributed by atoms with Crippen molar-refractivity contribution in [2.75, 3.05) is 0 Å². The number of fused-ring (bicyclic) bond motifs is 1. The number of hydrogen-bond acceptors (Lipinski definition) is 0. The van der Waals surface area contributed by atoms with Crippen LogP contribution in [0, 0.1) is 5.70 Å². The van der Waals surface area contributed by atoms with Gasteiger partial charge in [-0.3, -0.25) is 6.08 Å². The summed E-state index contributed by atoms with van der Waals surface area (Å²) in [6.07, 6.45) is 2.08. The van der Waals surface area contributed by atoms with E-state index < -0.39 is 8.07 Å². The van der Waals surface area contributed by atoms with Crippen LogP contribution in [0.15, 0.2) is 78.9 Å². The topological polar surface area (TPSA) is 0 Å². The van der Waals surface area contributed by atoms with E-state index in [-0.39, 0.29) is 18.9 Å². The second kappa shape index (κ2) is 7.16. The molecule has 0 amide bonds. The van der Waals surface area contributed by atoms with E-state index in [4.69, 9.17) is 0 Å². The minimum absolute atomic E-state index is 0. The van der Waals surface area contributed by atoms with Gasteiger partial charge in [0.05, 0.1) is 0 Å². The zero-order valence-electron chi connectivity index (χ0n) is 13.5. The molecule has 0 saturated carbocycles. The summed E-state index contributed by atoms with van der Waals surface area (Å²) in [4.78, 5) is 0. The van der Waals surface area contributed by atoms with Crippen molar-refractivity contribution in [2.45, 2.75) is 13.5 Å². The Morgan fingerprint density at radius 1 is 0.818 bits per heavy atom. The van der Waals surface area contributed by atoms with Gasteiger partial charge in [-0.25, -0.2) is 0 Å². The Bertz CT molecular complexity index is 775. The number of rotatable bonds is 3. The Morgan fingerprint density at radius 2 is 1.45 bits per heavy atom. The predicted octanol–water partition coefficient (Wildman–Crippen LogP) is 0.955. The van der Waals surface area contributed by atoms with Crippen LogP contribution in [0.25, 0.3) is 10.8 Å². The number of benzene rings is 3. The summed E-state index contributed by atoms with van der Waals surface area (Å²) in [5.74, 6) is 0. The van der Waals surface area contributed by atoms with Gasteiger partial charge >= 0.3 is 18.9 Å². The zero-order valence-corrected chi connectivity index (χ0v) is 14.5. The summed E-state index contributed by atoms with van der Waals surface area (Å²) >= 11 is 0. The van der Waals surface area contributed by atoms with Gasteiger partial charge in [0.1, 0.15) is 0 Å². The van der Waals surface area contributed by atoms with Gasteiger partial charge in [0.2, 0.25) is 0 Å². The Balaban J connectivity index is 0.00000176. The van der Waals surface area contributed by atoms with Crippen LogP contribution in [0.2, 0.25) is 6.55 Å². The monoisotopic (exact) mass is 294 g/mol. The third kappa shape index (κ3) is 2.98. The average Bonchev–Trinajstić information content (AvgIpc) is 2.55. The molecule has 22 heavy (non-hydrogen) atoms. The molecule has 0 N–H and O–H groups in total. The first kappa shape index (κ1) is 16.8. The molecule has 0 aliphatic carbocycles. The molecule has 3 rings (SSSR count). The Morgan fingerprint density at radius 3 is 2.18 bits per heavy atom. The van der Waals surface area contributed by atoms with Gasteiger partial charge in [-0.2, -0.15) is 0 Å². The van der Waals surface area contributed by atoms with Crippen LogP contribution >= 0.6 is 0 Å². The Kier molecular flexibility index (Phi) is 5.48. The number of allylic oxidation sites excluding steroid dienone is 1. The summed E-state index contributed by atoms with van der Waals surface area (Å²) in [5, 5.41) is 5.50. The molecule has 0 bridgehead atoms. The van der Waals surface area contributed by atoms with E-state index in [1.807, 2.05) is 0 Å². The first-order valence-electron chi connectivity index (χ1n) is 7.35. The summed E-state index contributed by atoms with van der Waals surface area (Å²) in [6.45, 7) is 4.45. The fourth-order valence-electron chi connectivity index (χ4n) is 3.04. The Hall–Kier alpha value is -1.53. The molecule has 0 aliphatic heterocycles. The fourth-order valence-corrected chi connectivity index (χ4v) is 6.30. The van der Waals surface area contributed by atoms with Crippen molar-refractivity contribution in [3.05, 3.63) is 84.6 Å². The van der Waals surface area contributed by atoms with Gasteiger partial charge in [-0.15, -0.1) is 0 Å². The fraction of sp³-hybridized carbons (Fsp3) is 0.100. The summed E-state index contributed by atoms with van der Waals surface area (Å²) in [6, 6.07) is 26.1. The van der Waals surface area contributed by atoms with Crippen LogP contribution in [-0.2, 0) is 0 Å². The molecule has 0 heterocycles.